The first-order valence-corrected chi connectivity index (χ1v) is 6.15. The van der Waals surface area contributed by atoms with Crippen molar-refractivity contribution in [2.75, 3.05) is 13.1 Å². The Morgan fingerprint density at radius 2 is 2.17 bits per heavy atom. The molecule has 0 spiro atoms. The Balaban J connectivity index is 1.85. The standard InChI is InChI=1S/C13H15N3O2/c1-9-10(8-14-15-9)11-4-5-12(18-11)13(17)16-6-2-3-7-16/h4-5,8H,2-3,6-7H2,1H3,(H,14,15). The Morgan fingerprint density at radius 1 is 1.39 bits per heavy atom. The van der Waals surface area contributed by atoms with Crippen LogP contribution in [-0.2, 0) is 0 Å². The minimum atomic E-state index is -0.0140. The van der Waals surface area contributed by atoms with E-state index in [2.05, 4.69) is 10.2 Å². The number of H-pyrrole nitrogens is 1. The maximum Gasteiger partial charge on any atom is 0.289 e. The Bertz CT molecular complexity index is 564. The number of carbonyl (C=O) groups excluding carboxylic acids is 1. The van der Waals surface area contributed by atoms with Crippen LogP contribution in [0.25, 0.3) is 11.3 Å². The molecule has 0 aliphatic carbocycles. The predicted octanol–water partition coefficient (Wildman–Crippen LogP) is 2.21. The van der Waals surface area contributed by atoms with E-state index in [0.717, 1.165) is 37.2 Å². The van der Waals surface area contributed by atoms with Crippen LogP contribution in [0, 0.1) is 6.92 Å². The molecule has 0 aromatic carbocycles. The van der Waals surface area contributed by atoms with Crippen LogP contribution < -0.4 is 0 Å². The van der Waals surface area contributed by atoms with Crippen LogP contribution in [0.1, 0.15) is 29.1 Å². The largest absolute Gasteiger partial charge is 0.451 e. The van der Waals surface area contributed by atoms with Crippen molar-refractivity contribution in [3.8, 4) is 11.3 Å². The molecule has 1 fully saturated rings. The van der Waals surface area contributed by atoms with E-state index >= 15 is 0 Å². The molecule has 5 nitrogen and oxygen atoms in total. The predicted molar refractivity (Wildman–Crippen MR) is 66.2 cm³/mol. The smallest absolute Gasteiger partial charge is 0.289 e. The molecule has 3 heterocycles. The molecule has 0 saturated carbocycles. The van der Waals surface area contributed by atoms with Gasteiger partial charge in [-0.3, -0.25) is 9.89 Å². The summed E-state index contributed by atoms with van der Waals surface area (Å²) < 4.78 is 5.63. The molecule has 0 bridgehead atoms. The van der Waals surface area contributed by atoms with Crippen molar-refractivity contribution in [1.82, 2.24) is 15.1 Å². The van der Waals surface area contributed by atoms with Gasteiger partial charge in [0, 0.05) is 18.8 Å². The van der Waals surface area contributed by atoms with Gasteiger partial charge in [-0.15, -0.1) is 0 Å². The molecular formula is C13H15N3O2. The first kappa shape index (κ1) is 11.1. The van der Waals surface area contributed by atoms with Crippen LogP contribution in [0.15, 0.2) is 22.7 Å². The quantitative estimate of drug-likeness (QED) is 0.882. The fraction of sp³-hybridized carbons (Fsp3) is 0.385. The number of hydrogen-bond donors (Lipinski definition) is 1. The zero-order valence-electron chi connectivity index (χ0n) is 10.3. The Labute approximate surface area is 105 Å². The normalized spacial score (nSPS) is 15.3. The Hall–Kier alpha value is -2.04. The number of furan rings is 1. The Kier molecular flexibility index (Phi) is 2.66. The fourth-order valence-corrected chi connectivity index (χ4v) is 2.27. The SMILES string of the molecule is Cc1[nH]ncc1-c1ccc(C(=O)N2CCCC2)o1. The molecule has 2 aromatic heterocycles. The molecule has 0 radical (unpaired) electrons. The van der Waals surface area contributed by atoms with Gasteiger partial charge in [0.15, 0.2) is 5.76 Å². The lowest BCUT2D eigenvalue weighted by molar-refractivity contribution is 0.0762. The lowest BCUT2D eigenvalue weighted by Gasteiger charge is -2.12. The minimum Gasteiger partial charge on any atom is -0.451 e. The molecule has 5 heteroatoms. The number of aryl methyl sites for hydroxylation is 1. The number of likely N-dealkylation sites (tertiary alicyclic amines) is 1. The minimum absolute atomic E-state index is 0.0140. The summed E-state index contributed by atoms with van der Waals surface area (Å²) in [6.07, 6.45) is 3.87. The molecule has 1 aliphatic rings. The van der Waals surface area contributed by atoms with Crippen molar-refractivity contribution in [1.29, 1.82) is 0 Å². The summed E-state index contributed by atoms with van der Waals surface area (Å²) in [6, 6.07) is 3.56. The van der Waals surface area contributed by atoms with E-state index in [0.29, 0.717) is 11.5 Å². The topological polar surface area (TPSA) is 62.1 Å². The number of amides is 1. The monoisotopic (exact) mass is 245 g/mol. The van der Waals surface area contributed by atoms with E-state index in [1.54, 1.807) is 12.3 Å². The van der Waals surface area contributed by atoms with E-state index < -0.39 is 0 Å². The summed E-state index contributed by atoms with van der Waals surface area (Å²) in [5.74, 6) is 1.08. The molecule has 2 aromatic rings. The van der Waals surface area contributed by atoms with Crippen LogP contribution in [0.3, 0.4) is 0 Å². The number of aromatic amines is 1. The maximum atomic E-state index is 12.1. The van der Waals surface area contributed by atoms with Gasteiger partial charge in [0.25, 0.3) is 5.91 Å². The van der Waals surface area contributed by atoms with Crippen LogP contribution in [0.5, 0.6) is 0 Å². The molecule has 1 N–H and O–H groups in total. The number of rotatable bonds is 2. The molecule has 94 valence electrons. The average Bonchev–Trinajstić information content (AvgIpc) is 3.09. The van der Waals surface area contributed by atoms with Gasteiger partial charge in [0.2, 0.25) is 0 Å². The first-order valence-electron chi connectivity index (χ1n) is 6.15. The Morgan fingerprint density at radius 3 is 2.83 bits per heavy atom. The van der Waals surface area contributed by atoms with Gasteiger partial charge in [0.05, 0.1) is 11.8 Å². The highest BCUT2D eigenvalue weighted by atomic mass is 16.4. The second-order valence-corrected chi connectivity index (χ2v) is 4.57. The lowest BCUT2D eigenvalue weighted by atomic mass is 10.2. The van der Waals surface area contributed by atoms with E-state index in [4.69, 9.17) is 4.42 Å². The van der Waals surface area contributed by atoms with Crippen molar-refractivity contribution in [2.24, 2.45) is 0 Å². The molecule has 0 atom stereocenters. The molecular weight excluding hydrogens is 230 g/mol. The van der Waals surface area contributed by atoms with Gasteiger partial charge in [0.1, 0.15) is 5.76 Å². The van der Waals surface area contributed by atoms with Gasteiger partial charge in [-0.25, -0.2) is 0 Å². The zero-order valence-corrected chi connectivity index (χ0v) is 10.3. The average molecular weight is 245 g/mol. The highest BCUT2D eigenvalue weighted by molar-refractivity contribution is 5.92. The molecule has 1 aliphatic heterocycles. The number of nitrogens with one attached hydrogen (secondary N) is 1. The summed E-state index contributed by atoms with van der Waals surface area (Å²) in [5, 5.41) is 6.80. The van der Waals surface area contributed by atoms with Crippen LogP contribution >= 0.6 is 0 Å². The van der Waals surface area contributed by atoms with Gasteiger partial charge >= 0.3 is 0 Å². The van der Waals surface area contributed by atoms with Crippen LogP contribution in [-0.4, -0.2) is 34.1 Å². The lowest BCUT2D eigenvalue weighted by Crippen LogP contribution is -2.27. The third-order valence-corrected chi connectivity index (χ3v) is 3.31. The molecule has 1 amide bonds. The molecule has 0 unspecified atom stereocenters. The third kappa shape index (κ3) is 1.81. The van der Waals surface area contributed by atoms with Crippen LogP contribution in [0.2, 0.25) is 0 Å². The molecule has 3 rings (SSSR count). The number of carbonyl (C=O) groups is 1. The molecule has 18 heavy (non-hydrogen) atoms. The molecule has 1 saturated heterocycles. The summed E-state index contributed by atoms with van der Waals surface area (Å²) >= 11 is 0. The maximum absolute atomic E-state index is 12.1. The van der Waals surface area contributed by atoms with E-state index in [1.807, 2.05) is 17.9 Å². The van der Waals surface area contributed by atoms with Crippen molar-refractivity contribution in [2.45, 2.75) is 19.8 Å². The van der Waals surface area contributed by atoms with Gasteiger partial charge in [-0.1, -0.05) is 0 Å². The second-order valence-electron chi connectivity index (χ2n) is 4.57. The van der Waals surface area contributed by atoms with Gasteiger partial charge in [-0.2, -0.15) is 5.10 Å². The summed E-state index contributed by atoms with van der Waals surface area (Å²) in [7, 11) is 0. The van der Waals surface area contributed by atoms with Crippen molar-refractivity contribution >= 4 is 5.91 Å². The summed E-state index contributed by atoms with van der Waals surface area (Å²) in [4.78, 5) is 14.0. The zero-order chi connectivity index (χ0) is 12.5. The number of aromatic nitrogens is 2. The third-order valence-electron chi connectivity index (χ3n) is 3.31. The van der Waals surface area contributed by atoms with Gasteiger partial charge < -0.3 is 9.32 Å². The van der Waals surface area contributed by atoms with E-state index in [1.165, 1.54) is 0 Å². The number of hydrogen-bond acceptors (Lipinski definition) is 3. The fourth-order valence-electron chi connectivity index (χ4n) is 2.27. The second kappa shape index (κ2) is 4.33. The van der Waals surface area contributed by atoms with Crippen molar-refractivity contribution in [3.05, 3.63) is 29.8 Å². The van der Waals surface area contributed by atoms with Crippen molar-refractivity contribution in [3.63, 3.8) is 0 Å². The van der Waals surface area contributed by atoms with Crippen LogP contribution in [0.4, 0.5) is 0 Å². The highest BCUT2D eigenvalue weighted by Gasteiger charge is 2.22. The van der Waals surface area contributed by atoms with E-state index in [9.17, 15) is 4.79 Å². The highest BCUT2D eigenvalue weighted by Crippen LogP contribution is 2.25. The first-order chi connectivity index (χ1) is 8.75. The number of nitrogens with zero attached hydrogens (tertiary/aromatic N) is 2. The van der Waals surface area contributed by atoms with E-state index in [-0.39, 0.29) is 5.91 Å². The summed E-state index contributed by atoms with van der Waals surface area (Å²) in [6.45, 7) is 3.59. The summed E-state index contributed by atoms with van der Waals surface area (Å²) in [5.41, 5.74) is 1.83. The van der Waals surface area contributed by atoms with Gasteiger partial charge in [-0.05, 0) is 31.9 Å². The van der Waals surface area contributed by atoms with Crippen molar-refractivity contribution < 1.29 is 9.21 Å².